The molecule has 0 aliphatic carbocycles. The Bertz CT molecular complexity index is 1050. The predicted molar refractivity (Wildman–Crippen MR) is 93.8 cm³/mol. The van der Waals surface area contributed by atoms with E-state index >= 15 is 0 Å². The number of guanidine groups is 1. The number of nitrogens with zero attached hydrogens (tertiary/aromatic N) is 2. The number of methoxy groups -OCH3 is 1. The lowest BCUT2D eigenvalue weighted by molar-refractivity contribution is 0.100. The summed E-state index contributed by atoms with van der Waals surface area (Å²) in [4.78, 5) is 19.5. The van der Waals surface area contributed by atoms with Crippen LogP contribution in [0.5, 0.6) is 5.75 Å². The highest BCUT2D eigenvalue weighted by atomic mass is 19.1. The van der Waals surface area contributed by atoms with E-state index in [0.29, 0.717) is 5.75 Å². The van der Waals surface area contributed by atoms with Crippen LogP contribution >= 0.6 is 0 Å². The van der Waals surface area contributed by atoms with Crippen LogP contribution in [0.15, 0.2) is 47.6 Å². The Morgan fingerprint density at radius 3 is 2.50 bits per heavy atom. The van der Waals surface area contributed by atoms with Gasteiger partial charge in [0.1, 0.15) is 17.4 Å². The minimum absolute atomic E-state index is 0.119. The molecule has 3 aromatic rings. The number of rotatable bonds is 3. The van der Waals surface area contributed by atoms with Gasteiger partial charge in [-0.1, -0.05) is 6.07 Å². The number of amides is 1. The summed E-state index contributed by atoms with van der Waals surface area (Å²) in [5.41, 5.74) is 10.9. The minimum atomic E-state index is -0.697. The minimum Gasteiger partial charge on any atom is -0.497 e. The van der Waals surface area contributed by atoms with Crippen molar-refractivity contribution in [1.29, 1.82) is 0 Å². The van der Waals surface area contributed by atoms with Crippen LogP contribution in [0.4, 0.5) is 8.78 Å². The second-order valence-electron chi connectivity index (χ2n) is 5.40. The van der Waals surface area contributed by atoms with Crippen LogP contribution < -0.4 is 16.2 Å². The van der Waals surface area contributed by atoms with E-state index in [4.69, 9.17) is 16.2 Å². The lowest BCUT2D eigenvalue weighted by Gasteiger charge is -2.10. The fraction of sp³-hybridized carbons (Fsp3) is 0.0556. The van der Waals surface area contributed by atoms with Gasteiger partial charge in [0, 0.05) is 28.0 Å². The number of benzene rings is 2. The third-order valence-electron chi connectivity index (χ3n) is 3.75. The number of aliphatic imine (C=N–C) groups is 1. The predicted octanol–water partition coefficient (Wildman–Crippen LogP) is 2.60. The Labute approximate surface area is 147 Å². The van der Waals surface area contributed by atoms with Crippen LogP contribution in [-0.2, 0) is 0 Å². The standard InChI is InChI=1S/C18H14F2N4O2/c1-26-10-3-5-12(14(19)7-10)16-13-6-9(17(25)24-18(21)22)2-4-11(13)15(20)8-23-16/h2-8H,1H3,(H4,21,22,24,25). The number of hydrogen-bond donors (Lipinski definition) is 2. The van der Waals surface area contributed by atoms with Gasteiger partial charge in [-0.3, -0.25) is 9.78 Å². The summed E-state index contributed by atoms with van der Waals surface area (Å²) in [6, 6.07) is 8.38. The van der Waals surface area contributed by atoms with Gasteiger partial charge in [0.15, 0.2) is 5.96 Å². The smallest absolute Gasteiger partial charge is 0.280 e. The molecule has 0 aliphatic rings. The Morgan fingerprint density at radius 1 is 1.08 bits per heavy atom. The van der Waals surface area contributed by atoms with Crippen molar-refractivity contribution in [2.75, 3.05) is 7.11 Å². The van der Waals surface area contributed by atoms with Gasteiger partial charge in [0.25, 0.3) is 5.91 Å². The van der Waals surface area contributed by atoms with Crippen molar-refractivity contribution >= 4 is 22.6 Å². The first-order valence-electron chi connectivity index (χ1n) is 7.47. The average molecular weight is 356 g/mol. The first-order valence-corrected chi connectivity index (χ1v) is 7.47. The highest BCUT2D eigenvalue weighted by molar-refractivity contribution is 6.06. The fourth-order valence-corrected chi connectivity index (χ4v) is 2.55. The van der Waals surface area contributed by atoms with Gasteiger partial charge >= 0.3 is 0 Å². The number of ether oxygens (including phenoxy) is 1. The second-order valence-corrected chi connectivity index (χ2v) is 5.40. The van der Waals surface area contributed by atoms with Crippen LogP contribution in [-0.4, -0.2) is 24.0 Å². The van der Waals surface area contributed by atoms with Crippen LogP contribution in [0.3, 0.4) is 0 Å². The zero-order valence-corrected chi connectivity index (χ0v) is 13.7. The molecule has 8 heteroatoms. The van der Waals surface area contributed by atoms with Crippen molar-refractivity contribution in [2.24, 2.45) is 16.5 Å². The summed E-state index contributed by atoms with van der Waals surface area (Å²) >= 11 is 0. The lowest BCUT2D eigenvalue weighted by atomic mass is 10.0. The molecular formula is C18H14F2N4O2. The van der Waals surface area contributed by atoms with Crippen LogP contribution in [0.25, 0.3) is 22.0 Å². The van der Waals surface area contributed by atoms with Gasteiger partial charge in [-0.05, 0) is 24.3 Å². The summed E-state index contributed by atoms with van der Waals surface area (Å²) < 4.78 is 33.5. The maximum absolute atomic E-state index is 14.4. The van der Waals surface area contributed by atoms with E-state index in [-0.39, 0.29) is 27.6 Å². The number of halogens is 2. The molecule has 1 heterocycles. The molecule has 0 saturated heterocycles. The number of pyridine rings is 1. The van der Waals surface area contributed by atoms with Gasteiger partial charge in [-0.25, -0.2) is 8.78 Å². The number of carbonyl (C=O) groups excluding carboxylic acids is 1. The normalized spacial score (nSPS) is 10.6. The van der Waals surface area contributed by atoms with Crippen molar-refractivity contribution in [2.45, 2.75) is 0 Å². The monoisotopic (exact) mass is 356 g/mol. The molecule has 1 amide bonds. The highest BCUT2D eigenvalue weighted by Crippen LogP contribution is 2.32. The maximum Gasteiger partial charge on any atom is 0.280 e. The Hall–Kier alpha value is -3.55. The van der Waals surface area contributed by atoms with E-state index < -0.39 is 23.5 Å². The molecule has 2 aromatic carbocycles. The molecule has 0 fully saturated rings. The SMILES string of the molecule is COc1ccc(-c2ncc(F)c3ccc(C(=O)N=C(N)N)cc23)c(F)c1. The zero-order chi connectivity index (χ0) is 18.8. The molecule has 0 atom stereocenters. The first-order chi connectivity index (χ1) is 12.4. The highest BCUT2D eigenvalue weighted by Gasteiger charge is 2.16. The molecule has 0 bridgehead atoms. The number of aromatic nitrogens is 1. The summed E-state index contributed by atoms with van der Waals surface area (Å²) in [5, 5.41) is 0.442. The summed E-state index contributed by atoms with van der Waals surface area (Å²) in [6.07, 6.45) is 0.999. The zero-order valence-electron chi connectivity index (χ0n) is 13.7. The number of carbonyl (C=O) groups is 1. The molecule has 132 valence electrons. The van der Waals surface area contributed by atoms with E-state index in [1.165, 1.54) is 37.4 Å². The molecule has 0 radical (unpaired) electrons. The van der Waals surface area contributed by atoms with Gasteiger partial charge in [0.05, 0.1) is 19.0 Å². The fourth-order valence-electron chi connectivity index (χ4n) is 2.55. The first kappa shape index (κ1) is 17.3. The van der Waals surface area contributed by atoms with E-state index in [9.17, 15) is 13.6 Å². The van der Waals surface area contributed by atoms with Gasteiger partial charge in [-0.15, -0.1) is 0 Å². The van der Waals surface area contributed by atoms with Gasteiger partial charge < -0.3 is 16.2 Å². The summed E-state index contributed by atoms with van der Waals surface area (Å²) in [5.74, 6) is -1.95. The average Bonchev–Trinajstić information content (AvgIpc) is 2.61. The molecule has 3 rings (SSSR count). The van der Waals surface area contributed by atoms with Crippen molar-refractivity contribution in [3.05, 3.63) is 59.8 Å². The Morgan fingerprint density at radius 2 is 1.85 bits per heavy atom. The molecule has 6 nitrogen and oxygen atoms in total. The van der Waals surface area contributed by atoms with Crippen LogP contribution in [0.2, 0.25) is 0 Å². The summed E-state index contributed by atoms with van der Waals surface area (Å²) in [7, 11) is 1.42. The van der Waals surface area contributed by atoms with E-state index in [2.05, 4.69) is 9.98 Å². The maximum atomic E-state index is 14.4. The molecule has 1 aromatic heterocycles. The second kappa shape index (κ2) is 6.75. The Balaban J connectivity index is 2.24. The van der Waals surface area contributed by atoms with Gasteiger partial charge in [-0.2, -0.15) is 4.99 Å². The third kappa shape index (κ3) is 3.16. The quantitative estimate of drug-likeness (QED) is 0.554. The summed E-state index contributed by atoms with van der Waals surface area (Å²) in [6.45, 7) is 0. The molecule has 0 unspecified atom stereocenters. The molecule has 0 spiro atoms. The largest absolute Gasteiger partial charge is 0.497 e. The van der Waals surface area contributed by atoms with Gasteiger partial charge in [0.2, 0.25) is 0 Å². The number of hydrogen-bond acceptors (Lipinski definition) is 3. The van der Waals surface area contributed by atoms with E-state index in [1.54, 1.807) is 6.07 Å². The number of nitrogens with two attached hydrogens (primary N) is 2. The number of fused-ring (bicyclic) bond motifs is 1. The molecular weight excluding hydrogens is 342 g/mol. The van der Waals surface area contributed by atoms with Crippen LogP contribution in [0, 0.1) is 11.6 Å². The van der Waals surface area contributed by atoms with Crippen molar-refractivity contribution in [1.82, 2.24) is 4.98 Å². The molecule has 0 saturated carbocycles. The van der Waals surface area contributed by atoms with Crippen molar-refractivity contribution in [3.63, 3.8) is 0 Å². The lowest BCUT2D eigenvalue weighted by Crippen LogP contribution is -2.24. The van der Waals surface area contributed by atoms with E-state index in [0.717, 1.165) is 6.20 Å². The molecule has 0 aliphatic heterocycles. The Kier molecular flexibility index (Phi) is 4.49. The topological polar surface area (TPSA) is 104 Å². The molecule has 4 N–H and O–H groups in total. The molecule has 26 heavy (non-hydrogen) atoms. The van der Waals surface area contributed by atoms with E-state index in [1.807, 2.05) is 0 Å². The van der Waals surface area contributed by atoms with Crippen LogP contribution in [0.1, 0.15) is 10.4 Å². The van der Waals surface area contributed by atoms with Crippen molar-refractivity contribution < 1.29 is 18.3 Å². The third-order valence-corrected chi connectivity index (χ3v) is 3.75. The van der Waals surface area contributed by atoms with Crippen molar-refractivity contribution in [3.8, 4) is 17.0 Å².